The van der Waals surface area contributed by atoms with E-state index in [4.69, 9.17) is 0 Å². The molecule has 3 aromatic carbocycles. The largest absolute Gasteiger partial charge is 0.357 e. The maximum absolute atomic E-state index is 13.9. The number of nitrogens with zero attached hydrogens (tertiary/aromatic N) is 2. The Hall–Kier alpha value is -3.65. The molecule has 0 unspecified atom stereocenters. The Morgan fingerprint density at radius 3 is 2.08 bits per heavy atom. The second-order valence-electron chi connectivity index (χ2n) is 9.85. The molecule has 0 spiro atoms. The fourth-order valence-electron chi connectivity index (χ4n) is 4.37. The number of anilines is 1. The predicted octanol–water partition coefficient (Wildman–Crippen LogP) is 4.27. The second kappa shape index (κ2) is 12.7. The van der Waals surface area contributed by atoms with Crippen molar-refractivity contribution in [2.45, 2.75) is 45.7 Å². The average Bonchev–Trinajstić information content (AvgIpc) is 2.88. The molecule has 0 radical (unpaired) electrons. The minimum Gasteiger partial charge on any atom is -0.357 e. The molecule has 1 atom stereocenters. The zero-order valence-electron chi connectivity index (χ0n) is 22.7. The molecule has 0 aliphatic carbocycles. The van der Waals surface area contributed by atoms with E-state index >= 15 is 0 Å². The number of carbonyl (C=O) groups is 2. The molecule has 0 saturated carbocycles. The quantitative estimate of drug-likeness (QED) is 0.397. The first-order valence-corrected chi connectivity index (χ1v) is 14.5. The van der Waals surface area contributed by atoms with E-state index in [0.29, 0.717) is 12.1 Å². The third-order valence-electron chi connectivity index (χ3n) is 6.48. The van der Waals surface area contributed by atoms with E-state index in [9.17, 15) is 18.0 Å². The van der Waals surface area contributed by atoms with Crippen LogP contribution >= 0.6 is 0 Å². The summed E-state index contributed by atoms with van der Waals surface area (Å²) < 4.78 is 26.8. The van der Waals surface area contributed by atoms with Gasteiger partial charge in [-0.2, -0.15) is 0 Å². The molecule has 0 bridgehead atoms. The van der Waals surface area contributed by atoms with E-state index in [1.165, 1.54) is 11.9 Å². The molecule has 202 valence electrons. The SMILES string of the molecule is CNC(=O)[C@@H](Cc1ccccc1)N(Cc1cccc(C)c1)C(=O)CN(c1ccc(C(C)C)cc1)S(C)(=O)=O. The highest BCUT2D eigenvalue weighted by molar-refractivity contribution is 7.92. The maximum atomic E-state index is 13.9. The van der Waals surface area contributed by atoms with Crippen molar-refractivity contribution in [3.05, 3.63) is 101 Å². The number of likely N-dealkylation sites (N-methyl/N-ethyl adjacent to an activating group) is 1. The Bertz CT molecular complexity index is 1340. The highest BCUT2D eigenvalue weighted by Gasteiger charge is 2.32. The van der Waals surface area contributed by atoms with Crippen LogP contribution in [0.2, 0.25) is 0 Å². The molecule has 0 aliphatic rings. The normalized spacial score (nSPS) is 12.2. The van der Waals surface area contributed by atoms with Crippen LogP contribution in [0.4, 0.5) is 5.69 Å². The third kappa shape index (κ3) is 7.68. The lowest BCUT2D eigenvalue weighted by molar-refractivity contribution is -0.139. The number of aryl methyl sites for hydroxylation is 1. The minimum atomic E-state index is -3.78. The summed E-state index contributed by atoms with van der Waals surface area (Å²) in [4.78, 5) is 28.6. The van der Waals surface area contributed by atoms with Gasteiger partial charge in [0, 0.05) is 20.0 Å². The monoisotopic (exact) mass is 535 g/mol. The Morgan fingerprint density at radius 1 is 0.895 bits per heavy atom. The fraction of sp³-hybridized carbons (Fsp3) is 0.333. The van der Waals surface area contributed by atoms with Crippen molar-refractivity contribution in [3.63, 3.8) is 0 Å². The van der Waals surface area contributed by atoms with Gasteiger partial charge in [-0.1, -0.05) is 86.1 Å². The molecular weight excluding hydrogens is 498 g/mol. The van der Waals surface area contributed by atoms with Crippen molar-refractivity contribution in [2.24, 2.45) is 0 Å². The molecule has 8 heteroatoms. The molecule has 38 heavy (non-hydrogen) atoms. The van der Waals surface area contributed by atoms with Gasteiger partial charge in [0.2, 0.25) is 21.8 Å². The van der Waals surface area contributed by atoms with Gasteiger partial charge in [0.05, 0.1) is 11.9 Å². The predicted molar refractivity (Wildman–Crippen MR) is 152 cm³/mol. The third-order valence-corrected chi connectivity index (χ3v) is 7.62. The van der Waals surface area contributed by atoms with Gasteiger partial charge < -0.3 is 10.2 Å². The molecule has 0 aliphatic heterocycles. The number of hydrogen-bond acceptors (Lipinski definition) is 4. The van der Waals surface area contributed by atoms with Gasteiger partial charge in [0.25, 0.3) is 0 Å². The first-order valence-electron chi connectivity index (χ1n) is 12.7. The first kappa shape index (κ1) is 28.9. The van der Waals surface area contributed by atoms with Crippen molar-refractivity contribution in [1.29, 1.82) is 0 Å². The second-order valence-corrected chi connectivity index (χ2v) is 11.8. The molecule has 0 fully saturated rings. The number of carbonyl (C=O) groups excluding carboxylic acids is 2. The van der Waals surface area contributed by atoms with Crippen LogP contribution in [0, 0.1) is 6.92 Å². The van der Waals surface area contributed by atoms with Crippen LogP contribution in [0.3, 0.4) is 0 Å². The van der Waals surface area contributed by atoms with Gasteiger partial charge in [-0.3, -0.25) is 13.9 Å². The fourth-order valence-corrected chi connectivity index (χ4v) is 5.22. The number of nitrogens with one attached hydrogen (secondary N) is 1. The number of hydrogen-bond donors (Lipinski definition) is 1. The lowest BCUT2D eigenvalue weighted by Crippen LogP contribution is -2.52. The van der Waals surface area contributed by atoms with Crippen molar-refractivity contribution in [3.8, 4) is 0 Å². The van der Waals surface area contributed by atoms with Gasteiger partial charge in [0.1, 0.15) is 12.6 Å². The van der Waals surface area contributed by atoms with Crippen LogP contribution in [0.1, 0.15) is 42.0 Å². The van der Waals surface area contributed by atoms with Crippen molar-refractivity contribution in [1.82, 2.24) is 10.2 Å². The number of rotatable bonds is 11. The van der Waals surface area contributed by atoms with Crippen molar-refractivity contribution in [2.75, 3.05) is 24.2 Å². The summed E-state index contributed by atoms with van der Waals surface area (Å²) in [5.74, 6) is -0.495. The Balaban J connectivity index is 2.01. The Morgan fingerprint density at radius 2 is 1.53 bits per heavy atom. The van der Waals surface area contributed by atoms with E-state index < -0.39 is 28.5 Å². The van der Waals surface area contributed by atoms with E-state index in [1.54, 1.807) is 12.1 Å². The molecule has 0 aromatic heterocycles. The molecule has 2 amide bonds. The van der Waals surface area contributed by atoms with Gasteiger partial charge in [-0.15, -0.1) is 0 Å². The summed E-state index contributed by atoms with van der Waals surface area (Å²) >= 11 is 0. The van der Waals surface area contributed by atoms with Crippen molar-refractivity contribution < 1.29 is 18.0 Å². The molecule has 1 N–H and O–H groups in total. The zero-order chi connectivity index (χ0) is 27.9. The molecule has 0 heterocycles. The number of benzene rings is 3. The summed E-state index contributed by atoms with van der Waals surface area (Å²) in [5, 5.41) is 2.69. The molecule has 7 nitrogen and oxygen atoms in total. The van der Waals surface area contributed by atoms with Crippen LogP contribution in [0.25, 0.3) is 0 Å². The van der Waals surface area contributed by atoms with Crippen LogP contribution in [-0.4, -0.2) is 51.0 Å². The van der Waals surface area contributed by atoms with E-state index in [2.05, 4.69) is 19.2 Å². The van der Waals surface area contributed by atoms with E-state index in [0.717, 1.165) is 32.8 Å². The molecule has 0 saturated heterocycles. The summed E-state index contributed by atoms with van der Waals surface area (Å²) in [7, 11) is -2.25. The summed E-state index contributed by atoms with van der Waals surface area (Å²) in [5.41, 5.74) is 4.25. The van der Waals surface area contributed by atoms with Gasteiger partial charge in [-0.25, -0.2) is 8.42 Å². The standard InChI is InChI=1S/C30H37N3O4S/c1-22(2)26-14-16-27(17-15-26)33(38(5,36)37)21-29(34)32(20-25-13-9-10-23(3)18-25)28(30(35)31-4)19-24-11-7-6-8-12-24/h6-18,22,28H,19-21H2,1-5H3,(H,31,35)/t28-/m1/s1. The van der Waals surface area contributed by atoms with E-state index in [-0.39, 0.29) is 18.4 Å². The highest BCUT2D eigenvalue weighted by Crippen LogP contribution is 2.23. The summed E-state index contributed by atoms with van der Waals surface area (Å²) in [6, 6.07) is 23.5. The van der Waals surface area contributed by atoms with Crippen LogP contribution in [0.5, 0.6) is 0 Å². The molecule has 3 rings (SSSR count). The smallest absolute Gasteiger partial charge is 0.244 e. The van der Waals surface area contributed by atoms with Crippen LogP contribution < -0.4 is 9.62 Å². The maximum Gasteiger partial charge on any atom is 0.244 e. The van der Waals surface area contributed by atoms with Gasteiger partial charge in [-0.05, 0) is 41.7 Å². The zero-order valence-corrected chi connectivity index (χ0v) is 23.5. The summed E-state index contributed by atoms with van der Waals surface area (Å²) in [6.07, 6.45) is 1.38. The summed E-state index contributed by atoms with van der Waals surface area (Å²) in [6.45, 7) is 5.81. The number of sulfonamides is 1. The van der Waals surface area contributed by atoms with E-state index in [1.807, 2.05) is 73.7 Å². The topological polar surface area (TPSA) is 86.8 Å². The van der Waals surface area contributed by atoms with Crippen molar-refractivity contribution >= 4 is 27.5 Å². The van der Waals surface area contributed by atoms with Gasteiger partial charge in [0.15, 0.2) is 0 Å². The Kier molecular flexibility index (Phi) is 9.69. The van der Waals surface area contributed by atoms with Crippen LogP contribution in [0.15, 0.2) is 78.9 Å². The minimum absolute atomic E-state index is 0.162. The first-order chi connectivity index (χ1) is 18.0. The lowest BCUT2D eigenvalue weighted by atomic mass is 10.0. The lowest BCUT2D eigenvalue weighted by Gasteiger charge is -2.33. The molecule has 3 aromatic rings. The Labute approximate surface area is 226 Å². The number of amides is 2. The van der Waals surface area contributed by atoms with Crippen LogP contribution in [-0.2, 0) is 32.6 Å². The average molecular weight is 536 g/mol. The van der Waals surface area contributed by atoms with Gasteiger partial charge >= 0.3 is 0 Å². The highest BCUT2D eigenvalue weighted by atomic mass is 32.2. The molecular formula is C30H37N3O4S.